The highest BCUT2D eigenvalue weighted by Crippen LogP contribution is 2.27. The number of hydrogen-bond donors (Lipinski definition) is 2. The van der Waals surface area contributed by atoms with Gasteiger partial charge >= 0.3 is 8.80 Å². The van der Waals surface area contributed by atoms with Crippen LogP contribution in [0.25, 0.3) is 0 Å². The minimum atomic E-state index is -2.65. The molecular weight excluding hydrogens is 256 g/mol. The fourth-order valence-corrected chi connectivity index (χ4v) is 5.09. The van der Waals surface area contributed by atoms with Crippen molar-refractivity contribution in [3.05, 3.63) is 0 Å². The van der Waals surface area contributed by atoms with E-state index in [1.165, 1.54) is 0 Å². The van der Waals surface area contributed by atoms with Gasteiger partial charge < -0.3 is 18.4 Å². The smallest absolute Gasteiger partial charge is 0.396 e. The highest BCUT2D eigenvalue weighted by atomic mass is 32.1. The number of hydrogen-bond acceptors (Lipinski definition) is 5. The van der Waals surface area contributed by atoms with Gasteiger partial charge in [0.1, 0.15) is 0 Å². The predicted octanol–water partition coefficient (Wildman–Crippen LogP) is 1.50. The summed E-state index contributed by atoms with van der Waals surface area (Å²) >= 11 is 4.54. The first-order valence-corrected chi connectivity index (χ1v) is 8.56. The quantitative estimate of drug-likeness (QED) is 0.572. The summed E-state index contributed by atoms with van der Waals surface area (Å²) in [4.78, 5) is 0.0147. The van der Waals surface area contributed by atoms with Crippen molar-refractivity contribution in [3.8, 4) is 0 Å². The third-order valence-electron chi connectivity index (χ3n) is 2.81. The molecule has 2 unspecified atom stereocenters. The van der Waals surface area contributed by atoms with E-state index in [1.807, 2.05) is 6.92 Å². The summed E-state index contributed by atoms with van der Waals surface area (Å²) in [6.45, 7) is 8.02. The van der Waals surface area contributed by atoms with Crippen LogP contribution in [0.1, 0.15) is 27.2 Å². The Bertz CT molecular complexity index is 222. The molecule has 0 spiro atoms. The van der Waals surface area contributed by atoms with E-state index in [4.69, 9.17) is 18.4 Å². The molecule has 102 valence electrons. The van der Waals surface area contributed by atoms with Crippen molar-refractivity contribution >= 4 is 21.4 Å². The molecule has 17 heavy (non-hydrogen) atoms. The summed E-state index contributed by atoms with van der Waals surface area (Å²) < 4.78 is 17.6. The van der Waals surface area contributed by atoms with Gasteiger partial charge in [0.15, 0.2) is 0 Å². The van der Waals surface area contributed by atoms with E-state index in [2.05, 4.69) is 26.5 Å². The molecule has 1 heterocycles. The fraction of sp³-hybridized carbons (Fsp3) is 1.00. The maximum Gasteiger partial charge on any atom is 0.514 e. The van der Waals surface area contributed by atoms with Crippen molar-refractivity contribution in [1.82, 2.24) is 0 Å². The lowest BCUT2D eigenvalue weighted by Crippen LogP contribution is -2.58. The van der Waals surface area contributed by atoms with Crippen LogP contribution >= 0.6 is 12.6 Å². The van der Waals surface area contributed by atoms with E-state index < -0.39 is 8.80 Å². The van der Waals surface area contributed by atoms with Gasteiger partial charge in [-0.3, -0.25) is 0 Å². The summed E-state index contributed by atoms with van der Waals surface area (Å²) in [6.07, 6.45) is 0.858. The van der Waals surface area contributed by atoms with Crippen LogP contribution in [0.3, 0.4) is 0 Å². The van der Waals surface area contributed by atoms with Gasteiger partial charge in [-0.1, -0.05) is 20.8 Å². The zero-order chi connectivity index (χ0) is 12.9. The van der Waals surface area contributed by atoms with Crippen LogP contribution in [-0.4, -0.2) is 45.2 Å². The zero-order valence-electron chi connectivity index (χ0n) is 10.9. The van der Waals surface area contributed by atoms with Crippen molar-refractivity contribution < 1.29 is 18.4 Å². The van der Waals surface area contributed by atoms with E-state index >= 15 is 0 Å². The van der Waals surface area contributed by atoms with Gasteiger partial charge in [-0.05, 0) is 6.42 Å². The Morgan fingerprint density at radius 1 is 1.47 bits per heavy atom. The van der Waals surface area contributed by atoms with E-state index in [0.29, 0.717) is 25.7 Å². The molecule has 1 aliphatic heterocycles. The first-order chi connectivity index (χ1) is 8.04. The molecule has 2 atom stereocenters. The largest absolute Gasteiger partial charge is 0.514 e. The monoisotopic (exact) mass is 280 g/mol. The normalized spacial score (nSPS) is 33.4. The molecule has 0 aromatic rings. The highest BCUT2D eigenvalue weighted by Gasteiger charge is 2.50. The van der Waals surface area contributed by atoms with Crippen LogP contribution < -0.4 is 0 Å². The lowest BCUT2D eigenvalue weighted by Gasteiger charge is -2.39. The Morgan fingerprint density at radius 3 is 2.53 bits per heavy atom. The van der Waals surface area contributed by atoms with Gasteiger partial charge in [-0.25, -0.2) is 0 Å². The second-order valence-electron chi connectivity index (χ2n) is 4.85. The van der Waals surface area contributed by atoms with Gasteiger partial charge in [-0.2, -0.15) is 12.6 Å². The van der Waals surface area contributed by atoms with Crippen LogP contribution in [0.2, 0.25) is 0 Å². The molecule has 1 aliphatic rings. The topological polar surface area (TPSA) is 47.9 Å². The van der Waals surface area contributed by atoms with Crippen molar-refractivity contribution in [3.63, 3.8) is 0 Å². The predicted molar refractivity (Wildman–Crippen MR) is 72.1 cm³/mol. The summed E-state index contributed by atoms with van der Waals surface area (Å²) in [7, 11) is -2.65. The Hall–Kier alpha value is 0.407. The third-order valence-corrected chi connectivity index (χ3v) is 7.06. The molecule has 0 radical (unpaired) electrons. The van der Waals surface area contributed by atoms with Gasteiger partial charge in [0, 0.05) is 38.3 Å². The van der Waals surface area contributed by atoms with Crippen molar-refractivity contribution in [1.29, 1.82) is 0 Å². The molecule has 0 saturated carbocycles. The van der Waals surface area contributed by atoms with Gasteiger partial charge in [-0.15, -0.1) is 0 Å². The van der Waals surface area contributed by atoms with E-state index in [9.17, 15) is 0 Å². The molecule has 1 saturated heterocycles. The minimum absolute atomic E-state index is 0.0147. The van der Waals surface area contributed by atoms with Crippen LogP contribution in [0.5, 0.6) is 0 Å². The second-order valence-corrected chi connectivity index (χ2v) is 8.73. The summed E-state index contributed by atoms with van der Waals surface area (Å²) in [6, 6.07) is 0. The molecule has 0 aliphatic carbocycles. The third kappa shape index (κ3) is 4.22. The summed E-state index contributed by atoms with van der Waals surface area (Å²) in [5.41, 5.74) is 0. The second kappa shape index (κ2) is 7.11. The summed E-state index contributed by atoms with van der Waals surface area (Å²) in [5.74, 6) is 0.509. The SMILES string of the molecule is CCC(S)[Si]1(OCC(C)CO)OCC(C)CO1. The first kappa shape index (κ1) is 15.5. The Morgan fingerprint density at radius 2 is 2.06 bits per heavy atom. The number of aliphatic hydroxyl groups excluding tert-OH is 1. The average Bonchev–Trinajstić information content (AvgIpc) is 2.37. The molecule has 0 aromatic heterocycles. The molecule has 1 N–H and O–H groups in total. The molecule has 0 amide bonds. The van der Waals surface area contributed by atoms with Crippen molar-refractivity contribution in [2.24, 2.45) is 11.8 Å². The fourth-order valence-electron chi connectivity index (χ4n) is 1.54. The van der Waals surface area contributed by atoms with Crippen LogP contribution in [0, 0.1) is 11.8 Å². The molecule has 4 nitrogen and oxygen atoms in total. The lowest BCUT2D eigenvalue weighted by molar-refractivity contribution is -0.0144. The van der Waals surface area contributed by atoms with E-state index in [-0.39, 0.29) is 17.4 Å². The Labute approximate surface area is 110 Å². The minimum Gasteiger partial charge on any atom is -0.396 e. The molecular formula is C11H24O4SSi. The molecule has 1 rings (SSSR count). The highest BCUT2D eigenvalue weighted by molar-refractivity contribution is 7.83. The van der Waals surface area contributed by atoms with Crippen LogP contribution in [0.15, 0.2) is 0 Å². The van der Waals surface area contributed by atoms with Gasteiger partial charge in [0.25, 0.3) is 0 Å². The van der Waals surface area contributed by atoms with E-state index in [0.717, 1.165) is 6.42 Å². The zero-order valence-corrected chi connectivity index (χ0v) is 12.8. The Balaban J connectivity index is 2.59. The number of rotatable bonds is 6. The average molecular weight is 280 g/mol. The van der Waals surface area contributed by atoms with Crippen molar-refractivity contribution in [2.75, 3.05) is 26.4 Å². The van der Waals surface area contributed by atoms with Gasteiger partial charge in [0.2, 0.25) is 0 Å². The van der Waals surface area contributed by atoms with Crippen molar-refractivity contribution in [2.45, 2.75) is 32.1 Å². The first-order valence-electron chi connectivity index (χ1n) is 6.24. The lowest BCUT2D eigenvalue weighted by atomic mass is 10.2. The number of aliphatic hydroxyl groups is 1. The molecule has 0 bridgehead atoms. The molecule has 1 fully saturated rings. The maximum absolute atomic E-state index is 9.02. The molecule has 0 aromatic carbocycles. The van der Waals surface area contributed by atoms with E-state index in [1.54, 1.807) is 0 Å². The van der Waals surface area contributed by atoms with Crippen LogP contribution in [0.4, 0.5) is 0 Å². The van der Waals surface area contributed by atoms with Crippen LogP contribution in [-0.2, 0) is 13.3 Å². The molecule has 6 heteroatoms. The maximum atomic E-state index is 9.02. The van der Waals surface area contributed by atoms with Gasteiger partial charge in [0.05, 0.1) is 4.87 Å². The summed E-state index contributed by atoms with van der Waals surface area (Å²) in [5, 5.41) is 9.02. The standard InChI is InChI=1S/C11H24O4SSi/c1-4-11(16)17(13-6-9(2)5-12)14-7-10(3)8-15-17/h9-12,16H,4-8H2,1-3H3. The Kier molecular flexibility index (Phi) is 6.47. The number of thiol groups is 1.